The van der Waals surface area contributed by atoms with Gasteiger partial charge < -0.3 is 4.90 Å². The summed E-state index contributed by atoms with van der Waals surface area (Å²) in [6, 6.07) is 1.97. The molecule has 0 aromatic carbocycles. The Labute approximate surface area is 105 Å². The van der Waals surface area contributed by atoms with Gasteiger partial charge in [0.05, 0.1) is 5.02 Å². The quantitative estimate of drug-likeness (QED) is 0.774. The van der Waals surface area contributed by atoms with Crippen LogP contribution < -0.4 is 0 Å². The van der Waals surface area contributed by atoms with Crippen molar-refractivity contribution in [3.05, 3.63) is 29.0 Å². The Bertz CT molecular complexity index is 304. The summed E-state index contributed by atoms with van der Waals surface area (Å²) >= 11 is 9.57. The Morgan fingerprint density at radius 2 is 2.33 bits per heavy atom. The van der Waals surface area contributed by atoms with Crippen LogP contribution in [0.25, 0.3) is 0 Å². The average Bonchev–Trinajstić information content (AvgIpc) is 2.18. The number of nitrogens with zero attached hydrogens (tertiary/aromatic N) is 2. The van der Waals surface area contributed by atoms with E-state index in [4.69, 9.17) is 11.6 Å². The number of halogens is 2. The van der Waals surface area contributed by atoms with Gasteiger partial charge in [-0.05, 0) is 31.6 Å². The number of alkyl halides is 1. The molecule has 0 N–H and O–H groups in total. The molecule has 15 heavy (non-hydrogen) atoms. The average molecular weight is 292 g/mol. The maximum absolute atomic E-state index is 6.03. The fourth-order valence-corrected chi connectivity index (χ4v) is 1.68. The molecule has 1 aromatic heterocycles. The summed E-state index contributed by atoms with van der Waals surface area (Å²) in [6.45, 7) is 4.10. The van der Waals surface area contributed by atoms with Gasteiger partial charge in [-0.3, -0.25) is 4.98 Å². The molecule has 0 bridgehead atoms. The summed E-state index contributed by atoms with van der Waals surface area (Å²) < 4.78 is 0. The van der Waals surface area contributed by atoms with Gasteiger partial charge in [0.1, 0.15) is 0 Å². The molecule has 2 nitrogen and oxygen atoms in total. The third kappa shape index (κ3) is 4.96. The van der Waals surface area contributed by atoms with Crippen LogP contribution in [0.1, 0.15) is 18.9 Å². The first-order valence-corrected chi connectivity index (χ1v) is 6.30. The molecule has 1 rings (SSSR count). The lowest BCUT2D eigenvalue weighted by molar-refractivity contribution is 0.323. The second kappa shape index (κ2) is 6.46. The fourth-order valence-electron chi connectivity index (χ4n) is 1.30. The molecule has 1 atom stereocenters. The first-order valence-electron chi connectivity index (χ1n) is 5.00. The van der Waals surface area contributed by atoms with Gasteiger partial charge in [-0.1, -0.05) is 34.5 Å². The van der Waals surface area contributed by atoms with E-state index in [1.54, 1.807) is 12.4 Å². The van der Waals surface area contributed by atoms with Gasteiger partial charge in [-0.25, -0.2) is 0 Å². The monoisotopic (exact) mass is 290 g/mol. The summed E-state index contributed by atoms with van der Waals surface area (Å²) in [5.74, 6) is 0. The van der Waals surface area contributed by atoms with Crippen molar-refractivity contribution in [2.24, 2.45) is 0 Å². The van der Waals surface area contributed by atoms with Crippen molar-refractivity contribution in [3.63, 3.8) is 0 Å². The highest BCUT2D eigenvalue weighted by atomic mass is 79.9. The Balaban J connectivity index is 2.44. The van der Waals surface area contributed by atoms with Gasteiger partial charge in [0.15, 0.2) is 0 Å². The van der Waals surface area contributed by atoms with E-state index in [1.165, 1.54) is 0 Å². The van der Waals surface area contributed by atoms with Crippen LogP contribution in [0.2, 0.25) is 5.02 Å². The van der Waals surface area contributed by atoms with Crippen molar-refractivity contribution in [1.29, 1.82) is 0 Å². The highest BCUT2D eigenvalue weighted by Crippen LogP contribution is 2.15. The van der Waals surface area contributed by atoms with Crippen molar-refractivity contribution >= 4 is 27.5 Å². The maximum Gasteiger partial charge on any atom is 0.0634 e. The molecular formula is C11H16BrClN2. The van der Waals surface area contributed by atoms with Gasteiger partial charge in [-0.2, -0.15) is 0 Å². The first-order chi connectivity index (χ1) is 7.09. The minimum atomic E-state index is 0.563. The molecule has 0 spiro atoms. The van der Waals surface area contributed by atoms with Crippen LogP contribution in [0.5, 0.6) is 0 Å². The Kier molecular flexibility index (Phi) is 5.58. The van der Waals surface area contributed by atoms with E-state index >= 15 is 0 Å². The summed E-state index contributed by atoms with van der Waals surface area (Å²) in [6.07, 6.45) is 4.61. The Hall–Kier alpha value is -0.120. The molecule has 0 saturated carbocycles. The van der Waals surface area contributed by atoms with E-state index in [0.29, 0.717) is 4.83 Å². The molecule has 0 radical (unpaired) electrons. The van der Waals surface area contributed by atoms with Crippen molar-refractivity contribution in [3.8, 4) is 0 Å². The lowest BCUT2D eigenvalue weighted by atomic mass is 10.2. The SMILES string of the molecule is CC(Br)CCN(C)Cc1ccncc1Cl. The van der Waals surface area contributed by atoms with Crippen molar-refractivity contribution in [2.75, 3.05) is 13.6 Å². The van der Waals surface area contributed by atoms with Crippen LogP contribution >= 0.6 is 27.5 Å². The number of pyridine rings is 1. The molecule has 0 amide bonds. The molecule has 4 heteroatoms. The van der Waals surface area contributed by atoms with Crippen LogP contribution in [-0.2, 0) is 6.54 Å². The molecule has 1 unspecified atom stereocenters. The predicted octanol–water partition coefficient (Wildman–Crippen LogP) is 3.34. The largest absolute Gasteiger partial charge is 0.302 e. The van der Waals surface area contributed by atoms with Crippen LogP contribution in [0.3, 0.4) is 0 Å². The predicted molar refractivity (Wildman–Crippen MR) is 68.6 cm³/mol. The molecule has 1 heterocycles. The van der Waals surface area contributed by atoms with Gasteiger partial charge in [0.2, 0.25) is 0 Å². The van der Waals surface area contributed by atoms with Crippen molar-refractivity contribution < 1.29 is 0 Å². The minimum Gasteiger partial charge on any atom is -0.302 e. The standard InChI is InChI=1S/C11H16BrClN2/c1-9(12)4-6-15(2)8-10-3-5-14-7-11(10)13/h3,5,7,9H,4,6,8H2,1-2H3. The number of rotatable bonds is 5. The van der Waals surface area contributed by atoms with Crippen molar-refractivity contribution in [2.45, 2.75) is 24.7 Å². The van der Waals surface area contributed by atoms with E-state index in [0.717, 1.165) is 30.1 Å². The maximum atomic E-state index is 6.03. The van der Waals surface area contributed by atoms with Crippen LogP contribution in [0.15, 0.2) is 18.5 Å². The van der Waals surface area contributed by atoms with Crippen LogP contribution in [0, 0.1) is 0 Å². The summed E-state index contributed by atoms with van der Waals surface area (Å²) in [5, 5.41) is 0.747. The van der Waals surface area contributed by atoms with E-state index in [1.807, 2.05) is 6.07 Å². The van der Waals surface area contributed by atoms with E-state index in [9.17, 15) is 0 Å². The zero-order chi connectivity index (χ0) is 11.3. The highest BCUT2D eigenvalue weighted by Gasteiger charge is 2.05. The van der Waals surface area contributed by atoms with Gasteiger partial charge in [0, 0.05) is 23.8 Å². The molecule has 0 fully saturated rings. The summed E-state index contributed by atoms with van der Waals surface area (Å²) in [5.41, 5.74) is 1.14. The second-order valence-electron chi connectivity index (χ2n) is 3.77. The lowest BCUT2D eigenvalue weighted by Gasteiger charge is -2.17. The third-order valence-corrected chi connectivity index (χ3v) is 3.00. The third-order valence-electron chi connectivity index (χ3n) is 2.21. The van der Waals surface area contributed by atoms with E-state index in [-0.39, 0.29) is 0 Å². The molecular weight excluding hydrogens is 275 g/mol. The molecule has 0 aliphatic carbocycles. The van der Waals surface area contributed by atoms with E-state index < -0.39 is 0 Å². The van der Waals surface area contributed by atoms with Gasteiger partial charge in [0.25, 0.3) is 0 Å². The molecule has 0 aliphatic heterocycles. The second-order valence-corrected chi connectivity index (χ2v) is 5.74. The Morgan fingerprint density at radius 3 is 2.93 bits per heavy atom. The molecule has 84 valence electrons. The van der Waals surface area contributed by atoms with Crippen LogP contribution in [-0.4, -0.2) is 28.3 Å². The molecule has 0 saturated heterocycles. The molecule has 0 aliphatic rings. The van der Waals surface area contributed by atoms with E-state index in [2.05, 4.69) is 39.8 Å². The molecule has 1 aromatic rings. The summed E-state index contributed by atoms with van der Waals surface area (Å²) in [7, 11) is 2.10. The number of hydrogen-bond donors (Lipinski definition) is 0. The summed E-state index contributed by atoms with van der Waals surface area (Å²) in [4.78, 5) is 6.79. The van der Waals surface area contributed by atoms with Crippen molar-refractivity contribution in [1.82, 2.24) is 9.88 Å². The Morgan fingerprint density at radius 1 is 1.60 bits per heavy atom. The zero-order valence-corrected chi connectivity index (χ0v) is 11.4. The number of hydrogen-bond acceptors (Lipinski definition) is 2. The van der Waals surface area contributed by atoms with Gasteiger partial charge >= 0.3 is 0 Å². The smallest absolute Gasteiger partial charge is 0.0634 e. The topological polar surface area (TPSA) is 16.1 Å². The normalized spacial score (nSPS) is 13.1. The highest BCUT2D eigenvalue weighted by molar-refractivity contribution is 9.09. The minimum absolute atomic E-state index is 0.563. The van der Waals surface area contributed by atoms with Crippen LogP contribution in [0.4, 0.5) is 0 Å². The first kappa shape index (κ1) is 12.9. The lowest BCUT2D eigenvalue weighted by Crippen LogP contribution is -2.21. The van der Waals surface area contributed by atoms with Gasteiger partial charge in [-0.15, -0.1) is 0 Å². The number of aromatic nitrogens is 1. The zero-order valence-electron chi connectivity index (χ0n) is 9.08. The fraction of sp³-hybridized carbons (Fsp3) is 0.545.